The van der Waals surface area contributed by atoms with Crippen molar-refractivity contribution in [2.75, 3.05) is 4.90 Å². The third-order valence-corrected chi connectivity index (χ3v) is 5.29. The van der Waals surface area contributed by atoms with E-state index in [1.54, 1.807) is 24.3 Å². The highest BCUT2D eigenvalue weighted by atomic mass is 35.5. The molecule has 29 heavy (non-hydrogen) atoms. The van der Waals surface area contributed by atoms with Crippen LogP contribution in [0.3, 0.4) is 0 Å². The second-order valence-corrected chi connectivity index (χ2v) is 7.55. The Kier molecular flexibility index (Phi) is 6.30. The Bertz CT molecular complexity index is 1040. The lowest BCUT2D eigenvalue weighted by atomic mass is 10.2. The van der Waals surface area contributed by atoms with Gasteiger partial charge < -0.3 is 15.6 Å². The zero-order valence-corrected chi connectivity index (χ0v) is 16.4. The molecular formula is C19H14ClN4O4S-. The smallest absolute Gasteiger partial charge is 0.247 e. The maximum absolute atomic E-state index is 12.6. The summed E-state index contributed by atoms with van der Waals surface area (Å²) in [6.45, 7) is 0. The molecule has 2 amide bonds. The van der Waals surface area contributed by atoms with Gasteiger partial charge in [0, 0.05) is 17.0 Å². The van der Waals surface area contributed by atoms with Gasteiger partial charge in [0.2, 0.25) is 11.8 Å². The van der Waals surface area contributed by atoms with Crippen LogP contribution in [-0.4, -0.2) is 34.4 Å². The normalized spacial score (nSPS) is 17.3. The molecule has 0 aliphatic carbocycles. The van der Waals surface area contributed by atoms with E-state index in [1.807, 2.05) is 0 Å². The van der Waals surface area contributed by atoms with E-state index in [4.69, 9.17) is 17.3 Å². The van der Waals surface area contributed by atoms with E-state index in [-0.39, 0.29) is 22.8 Å². The van der Waals surface area contributed by atoms with Crippen molar-refractivity contribution in [3.63, 3.8) is 0 Å². The monoisotopic (exact) mass is 429 g/mol. The van der Waals surface area contributed by atoms with E-state index in [2.05, 4.69) is 10.2 Å². The molecule has 0 bridgehead atoms. The number of carboxylic acid groups (broad SMARTS) is 1. The molecule has 0 spiro atoms. The predicted octanol–water partition coefficient (Wildman–Crippen LogP) is 1.42. The molecule has 10 heteroatoms. The molecule has 2 N–H and O–H groups in total. The maximum Gasteiger partial charge on any atom is 0.247 e. The Morgan fingerprint density at radius 3 is 2.72 bits per heavy atom. The number of carbonyl (C=O) groups excluding carboxylic acids is 3. The van der Waals surface area contributed by atoms with E-state index in [0.29, 0.717) is 10.6 Å². The minimum Gasteiger partial charge on any atom is -0.545 e. The van der Waals surface area contributed by atoms with Crippen LogP contribution in [0.1, 0.15) is 22.3 Å². The molecule has 8 nitrogen and oxygen atoms in total. The van der Waals surface area contributed by atoms with Crippen LogP contribution < -0.4 is 15.7 Å². The van der Waals surface area contributed by atoms with Crippen molar-refractivity contribution in [1.82, 2.24) is 0 Å². The highest BCUT2D eigenvalue weighted by Gasteiger charge is 2.40. The van der Waals surface area contributed by atoms with Crippen molar-refractivity contribution in [3.05, 3.63) is 64.7 Å². The van der Waals surface area contributed by atoms with E-state index in [1.165, 1.54) is 30.5 Å². The average Bonchev–Trinajstić information content (AvgIpc) is 2.96. The van der Waals surface area contributed by atoms with Crippen LogP contribution in [0.4, 0.5) is 5.69 Å². The lowest BCUT2D eigenvalue weighted by Crippen LogP contribution is -2.32. The number of anilines is 1. The number of halogens is 1. The lowest BCUT2D eigenvalue weighted by molar-refractivity contribution is -0.255. The van der Waals surface area contributed by atoms with Gasteiger partial charge in [-0.15, -0.1) is 5.10 Å². The number of thioether (sulfide) groups is 1. The van der Waals surface area contributed by atoms with Crippen molar-refractivity contribution in [3.8, 4) is 0 Å². The number of hydrogen-bond donors (Lipinski definition) is 1. The second-order valence-electron chi connectivity index (χ2n) is 5.92. The second kappa shape index (κ2) is 8.89. The summed E-state index contributed by atoms with van der Waals surface area (Å²) in [6, 6.07) is 12.5. The summed E-state index contributed by atoms with van der Waals surface area (Å²) in [5.74, 6) is -2.37. The number of rotatable bonds is 5. The van der Waals surface area contributed by atoms with Crippen LogP contribution in [0.15, 0.2) is 58.7 Å². The first-order valence-electron chi connectivity index (χ1n) is 8.32. The van der Waals surface area contributed by atoms with Gasteiger partial charge in [-0.1, -0.05) is 53.7 Å². The summed E-state index contributed by atoms with van der Waals surface area (Å²) in [4.78, 5) is 36.9. The standard InChI is InChI=1S/C19H15ClN4O4S/c20-14-7-2-1-4-12(14)10-22-23-19(21)29-15-9-16(25)24(17(15)26)13-6-3-5-11(8-13)18(27)28/h1-8,10,15H,9H2,(H2,21,23)(H,27,28)/p-1/b22-10-/t15-/m1/s1. The summed E-state index contributed by atoms with van der Waals surface area (Å²) in [5.41, 5.74) is 6.50. The molecular weight excluding hydrogens is 416 g/mol. The minimum atomic E-state index is -1.40. The number of carbonyl (C=O) groups is 3. The molecule has 0 unspecified atom stereocenters. The van der Waals surface area contributed by atoms with Gasteiger partial charge in [-0.3, -0.25) is 9.59 Å². The quantitative estimate of drug-likeness (QED) is 0.331. The minimum absolute atomic E-state index is 0.00444. The van der Waals surface area contributed by atoms with Crippen molar-refractivity contribution in [2.45, 2.75) is 11.7 Å². The van der Waals surface area contributed by atoms with Gasteiger partial charge in [-0.2, -0.15) is 5.10 Å². The SMILES string of the molecule is NC(=N/N=C\c1ccccc1Cl)S[C@@H]1CC(=O)N(c2cccc(C(=O)[O-])c2)C1=O. The molecule has 2 aromatic carbocycles. The van der Waals surface area contributed by atoms with Crippen LogP contribution in [0.2, 0.25) is 5.02 Å². The molecule has 148 valence electrons. The zero-order valence-electron chi connectivity index (χ0n) is 14.8. The fraction of sp³-hybridized carbons (Fsp3) is 0.105. The van der Waals surface area contributed by atoms with Gasteiger partial charge in [-0.05, 0) is 23.8 Å². The van der Waals surface area contributed by atoms with E-state index < -0.39 is 23.0 Å². The Morgan fingerprint density at radius 2 is 2.00 bits per heavy atom. The molecule has 3 rings (SSSR count). The zero-order chi connectivity index (χ0) is 21.0. The molecule has 1 saturated heterocycles. The van der Waals surface area contributed by atoms with Crippen molar-refractivity contribution >= 4 is 58.2 Å². The number of carboxylic acids is 1. The molecule has 0 aromatic heterocycles. The summed E-state index contributed by atoms with van der Waals surface area (Å²) in [6.07, 6.45) is 1.33. The predicted molar refractivity (Wildman–Crippen MR) is 110 cm³/mol. The molecule has 1 fully saturated rings. The van der Waals surface area contributed by atoms with Gasteiger partial charge in [0.15, 0.2) is 5.17 Å². The number of hydrogen-bond acceptors (Lipinski definition) is 7. The molecule has 1 atom stereocenters. The Hall–Kier alpha value is -3.17. The largest absolute Gasteiger partial charge is 0.545 e. The summed E-state index contributed by atoms with van der Waals surface area (Å²) in [7, 11) is 0. The molecule has 1 heterocycles. The molecule has 1 aliphatic heterocycles. The first-order valence-corrected chi connectivity index (χ1v) is 9.58. The van der Waals surface area contributed by atoms with Gasteiger partial charge >= 0.3 is 0 Å². The lowest BCUT2D eigenvalue weighted by Gasteiger charge is -2.16. The molecule has 0 radical (unpaired) electrons. The fourth-order valence-corrected chi connectivity index (χ4v) is 3.64. The highest BCUT2D eigenvalue weighted by Crippen LogP contribution is 2.30. The number of amides is 2. The Labute approximate surface area is 175 Å². The van der Waals surface area contributed by atoms with Crippen molar-refractivity contribution in [2.24, 2.45) is 15.9 Å². The number of nitrogens with two attached hydrogens (primary N) is 1. The average molecular weight is 430 g/mol. The number of aromatic carboxylic acids is 1. The van der Waals surface area contributed by atoms with Crippen molar-refractivity contribution in [1.29, 1.82) is 0 Å². The van der Waals surface area contributed by atoms with Gasteiger partial charge in [0.05, 0.1) is 17.9 Å². The molecule has 1 aliphatic rings. The van der Waals surface area contributed by atoms with Crippen molar-refractivity contribution < 1.29 is 19.5 Å². The first kappa shape index (κ1) is 20.6. The Balaban J connectivity index is 1.70. The fourth-order valence-electron chi connectivity index (χ4n) is 2.64. The van der Waals surface area contributed by atoms with E-state index in [9.17, 15) is 19.5 Å². The highest BCUT2D eigenvalue weighted by molar-refractivity contribution is 8.14. The first-order chi connectivity index (χ1) is 13.9. The Morgan fingerprint density at radius 1 is 1.24 bits per heavy atom. The van der Waals surface area contributed by atoms with Gasteiger partial charge in [-0.25, -0.2) is 4.90 Å². The van der Waals surface area contributed by atoms with E-state index in [0.717, 1.165) is 16.7 Å². The molecule has 0 saturated carbocycles. The summed E-state index contributed by atoms with van der Waals surface area (Å²) >= 11 is 6.92. The maximum atomic E-state index is 12.6. The number of benzene rings is 2. The number of imide groups is 1. The third-order valence-electron chi connectivity index (χ3n) is 3.97. The van der Waals surface area contributed by atoms with Gasteiger partial charge in [0.1, 0.15) is 5.25 Å². The number of nitrogens with zero attached hydrogens (tertiary/aromatic N) is 3. The summed E-state index contributed by atoms with van der Waals surface area (Å²) < 4.78 is 0. The van der Waals surface area contributed by atoms with Crippen LogP contribution in [0.25, 0.3) is 0 Å². The third kappa shape index (κ3) is 4.82. The van der Waals surface area contributed by atoms with Crippen LogP contribution in [0.5, 0.6) is 0 Å². The van der Waals surface area contributed by atoms with Gasteiger partial charge in [0.25, 0.3) is 0 Å². The molecule has 2 aromatic rings. The van der Waals surface area contributed by atoms with Crippen LogP contribution in [0, 0.1) is 0 Å². The van der Waals surface area contributed by atoms with Crippen LogP contribution in [-0.2, 0) is 9.59 Å². The summed E-state index contributed by atoms with van der Waals surface area (Å²) in [5, 5.41) is 18.4. The van der Waals surface area contributed by atoms with Crippen LogP contribution >= 0.6 is 23.4 Å². The number of amidine groups is 1. The van der Waals surface area contributed by atoms with E-state index >= 15 is 0 Å². The topological polar surface area (TPSA) is 128 Å².